The van der Waals surface area contributed by atoms with Crippen LogP contribution in [0.25, 0.3) is 0 Å². The summed E-state index contributed by atoms with van der Waals surface area (Å²) in [6.07, 6.45) is 2.93. The summed E-state index contributed by atoms with van der Waals surface area (Å²) < 4.78 is 10.5. The molecule has 0 amide bonds. The SMILES string of the molecule is COC(=O)[C@H]1CCCN(CCCOc2ccc(Cl)cc2)C1. The van der Waals surface area contributed by atoms with Crippen LogP contribution < -0.4 is 4.74 Å². The lowest BCUT2D eigenvalue weighted by Gasteiger charge is -2.31. The molecule has 0 saturated carbocycles. The Hall–Kier alpha value is -1.26. The van der Waals surface area contributed by atoms with E-state index < -0.39 is 0 Å². The number of likely N-dealkylation sites (tertiary alicyclic amines) is 1. The second-order valence-corrected chi connectivity index (χ2v) is 5.76. The van der Waals surface area contributed by atoms with Gasteiger partial charge in [-0.1, -0.05) is 11.6 Å². The van der Waals surface area contributed by atoms with E-state index in [4.69, 9.17) is 21.1 Å². The molecule has 1 heterocycles. The lowest BCUT2D eigenvalue weighted by molar-refractivity contribution is -0.147. The first-order valence-electron chi connectivity index (χ1n) is 7.37. The number of carbonyl (C=O) groups excluding carboxylic acids is 1. The van der Waals surface area contributed by atoms with Crippen LogP contribution in [0.2, 0.25) is 5.02 Å². The molecule has 1 aromatic rings. The van der Waals surface area contributed by atoms with Crippen molar-refractivity contribution in [3.05, 3.63) is 29.3 Å². The average Bonchev–Trinajstić information content (AvgIpc) is 2.53. The third-order valence-corrected chi connectivity index (χ3v) is 3.99. The van der Waals surface area contributed by atoms with E-state index in [9.17, 15) is 4.79 Å². The molecule has 1 aromatic carbocycles. The molecule has 0 spiro atoms. The smallest absolute Gasteiger partial charge is 0.309 e. The van der Waals surface area contributed by atoms with Crippen LogP contribution in [0.3, 0.4) is 0 Å². The van der Waals surface area contributed by atoms with Crippen molar-refractivity contribution in [3.63, 3.8) is 0 Å². The van der Waals surface area contributed by atoms with Crippen LogP contribution in [0, 0.1) is 5.92 Å². The van der Waals surface area contributed by atoms with Crippen molar-refractivity contribution in [1.29, 1.82) is 0 Å². The van der Waals surface area contributed by atoms with Crippen molar-refractivity contribution in [1.82, 2.24) is 4.90 Å². The molecule has 0 radical (unpaired) electrons. The number of ether oxygens (including phenoxy) is 2. The minimum atomic E-state index is -0.0860. The van der Waals surface area contributed by atoms with Gasteiger partial charge < -0.3 is 14.4 Å². The van der Waals surface area contributed by atoms with E-state index in [1.54, 1.807) is 0 Å². The zero-order chi connectivity index (χ0) is 15.1. The second kappa shape index (κ2) is 8.25. The number of hydrogen-bond acceptors (Lipinski definition) is 4. The van der Waals surface area contributed by atoms with Crippen LogP contribution in [0.4, 0.5) is 0 Å². The molecule has 1 atom stereocenters. The average molecular weight is 312 g/mol. The first kappa shape index (κ1) is 16.1. The molecule has 116 valence electrons. The van der Waals surface area contributed by atoms with E-state index in [0.717, 1.165) is 44.6 Å². The molecule has 1 saturated heterocycles. The first-order valence-corrected chi connectivity index (χ1v) is 7.75. The molecular formula is C16H22ClNO3. The van der Waals surface area contributed by atoms with Crippen molar-refractivity contribution >= 4 is 17.6 Å². The summed E-state index contributed by atoms with van der Waals surface area (Å²) in [6.45, 7) is 3.46. The van der Waals surface area contributed by atoms with E-state index in [-0.39, 0.29) is 11.9 Å². The van der Waals surface area contributed by atoms with E-state index in [2.05, 4.69) is 4.90 Å². The van der Waals surface area contributed by atoms with Gasteiger partial charge in [0.2, 0.25) is 0 Å². The molecule has 2 rings (SSSR count). The van der Waals surface area contributed by atoms with Gasteiger partial charge in [-0.15, -0.1) is 0 Å². The molecule has 1 fully saturated rings. The van der Waals surface area contributed by atoms with Crippen LogP contribution in [0.15, 0.2) is 24.3 Å². The highest BCUT2D eigenvalue weighted by Crippen LogP contribution is 2.18. The molecule has 21 heavy (non-hydrogen) atoms. The molecule has 1 aliphatic rings. The van der Waals surface area contributed by atoms with Gasteiger partial charge in [0, 0.05) is 18.1 Å². The molecule has 0 aromatic heterocycles. The number of methoxy groups -OCH3 is 1. The third kappa shape index (κ3) is 5.21. The van der Waals surface area contributed by atoms with Gasteiger partial charge in [-0.05, 0) is 50.1 Å². The van der Waals surface area contributed by atoms with Gasteiger partial charge in [-0.25, -0.2) is 0 Å². The van der Waals surface area contributed by atoms with Crippen molar-refractivity contribution in [2.75, 3.05) is 33.4 Å². The standard InChI is InChI=1S/C16H22ClNO3/c1-20-16(19)13-4-2-9-18(12-13)10-3-11-21-15-7-5-14(17)6-8-15/h5-8,13H,2-4,9-12H2,1H3/t13-/m0/s1. The minimum absolute atomic E-state index is 0.0286. The largest absolute Gasteiger partial charge is 0.494 e. The summed E-state index contributed by atoms with van der Waals surface area (Å²) in [5.41, 5.74) is 0. The quantitative estimate of drug-likeness (QED) is 0.598. The number of hydrogen-bond donors (Lipinski definition) is 0. The molecular weight excluding hydrogens is 290 g/mol. The Labute approximate surface area is 131 Å². The normalized spacial score (nSPS) is 19.2. The molecule has 0 bridgehead atoms. The van der Waals surface area contributed by atoms with Crippen molar-refractivity contribution in [2.24, 2.45) is 5.92 Å². The summed E-state index contributed by atoms with van der Waals surface area (Å²) in [5.74, 6) is 0.781. The number of benzene rings is 1. The second-order valence-electron chi connectivity index (χ2n) is 5.32. The number of halogens is 1. The third-order valence-electron chi connectivity index (χ3n) is 3.74. The minimum Gasteiger partial charge on any atom is -0.494 e. The van der Waals surface area contributed by atoms with Gasteiger partial charge in [0.15, 0.2) is 0 Å². The number of nitrogens with zero attached hydrogens (tertiary/aromatic N) is 1. The monoisotopic (exact) mass is 311 g/mol. The van der Waals surface area contributed by atoms with E-state index in [1.807, 2.05) is 24.3 Å². The lowest BCUT2D eigenvalue weighted by atomic mass is 9.98. The fourth-order valence-corrected chi connectivity index (χ4v) is 2.75. The molecule has 0 unspecified atom stereocenters. The topological polar surface area (TPSA) is 38.8 Å². The van der Waals surface area contributed by atoms with Gasteiger partial charge in [0.05, 0.1) is 19.6 Å². The fourth-order valence-electron chi connectivity index (χ4n) is 2.63. The Balaban J connectivity index is 1.66. The Kier molecular flexibility index (Phi) is 6.33. The summed E-state index contributed by atoms with van der Waals surface area (Å²) in [5, 5.41) is 0.713. The molecule has 1 aliphatic heterocycles. The Bertz CT molecular complexity index is 449. The van der Waals surface area contributed by atoms with Crippen LogP contribution in [0.1, 0.15) is 19.3 Å². The number of esters is 1. The van der Waals surface area contributed by atoms with E-state index >= 15 is 0 Å². The summed E-state index contributed by atoms with van der Waals surface area (Å²) in [6, 6.07) is 7.39. The van der Waals surface area contributed by atoms with E-state index in [1.165, 1.54) is 7.11 Å². The maximum Gasteiger partial charge on any atom is 0.309 e. The highest BCUT2D eigenvalue weighted by Gasteiger charge is 2.25. The summed E-state index contributed by atoms with van der Waals surface area (Å²) in [7, 11) is 1.46. The van der Waals surface area contributed by atoms with Crippen LogP contribution in [0.5, 0.6) is 5.75 Å². The van der Waals surface area contributed by atoms with E-state index in [0.29, 0.717) is 11.6 Å². The maximum atomic E-state index is 11.6. The Morgan fingerprint density at radius 2 is 2.14 bits per heavy atom. The Morgan fingerprint density at radius 1 is 1.38 bits per heavy atom. The predicted octanol–water partition coefficient (Wildman–Crippen LogP) is 2.99. The lowest BCUT2D eigenvalue weighted by Crippen LogP contribution is -2.39. The predicted molar refractivity (Wildman–Crippen MR) is 82.7 cm³/mol. The number of rotatable bonds is 6. The number of carbonyl (C=O) groups is 1. The fraction of sp³-hybridized carbons (Fsp3) is 0.562. The highest BCUT2D eigenvalue weighted by molar-refractivity contribution is 6.30. The van der Waals surface area contributed by atoms with Gasteiger partial charge in [-0.3, -0.25) is 4.79 Å². The highest BCUT2D eigenvalue weighted by atomic mass is 35.5. The summed E-state index contributed by atoms with van der Waals surface area (Å²) >= 11 is 5.83. The van der Waals surface area contributed by atoms with Crippen molar-refractivity contribution < 1.29 is 14.3 Å². The zero-order valence-electron chi connectivity index (χ0n) is 12.4. The summed E-state index contributed by atoms with van der Waals surface area (Å²) in [4.78, 5) is 13.9. The first-order chi connectivity index (χ1) is 10.2. The van der Waals surface area contributed by atoms with Crippen molar-refractivity contribution in [2.45, 2.75) is 19.3 Å². The number of piperidine rings is 1. The maximum absolute atomic E-state index is 11.6. The molecule has 5 heteroatoms. The van der Waals surface area contributed by atoms with Gasteiger partial charge in [0.1, 0.15) is 5.75 Å². The van der Waals surface area contributed by atoms with Gasteiger partial charge >= 0.3 is 5.97 Å². The van der Waals surface area contributed by atoms with Gasteiger partial charge in [0.25, 0.3) is 0 Å². The zero-order valence-corrected chi connectivity index (χ0v) is 13.1. The van der Waals surface area contributed by atoms with Crippen LogP contribution in [-0.2, 0) is 9.53 Å². The van der Waals surface area contributed by atoms with Crippen LogP contribution >= 0.6 is 11.6 Å². The molecule has 4 nitrogen and oxygen atoms in total. The Morgan fingerprint density at radius 3 is 2.86 bits per heavy atom. The van der Waals surface area contributed by atoms with Crippen LogP contribution in [-0.4, -0.2) is 44.2 Å². The van der Waals surface area contributed by atoms with Gasteiger partial charge in [-0.2, -0.15) is 0 Å². The molecule has 0 aliphatic carbocycles. The molecule has 0 N–H and O–H groups in total. The van der Waals surface area contributed by atoms with Crippen molar-refractivity contribution in [3.8, 4) is 5.75 Å².